The molecule has 0 saturated heterocycles. The van der Waals surface area contributed by atoms with Gasteiger partial charge in [-0.1, -0.05) is 0 Å². The highest BCUT2D eigenvalue weighted by Gasteiger charge is 2.38. The van der Waals surface area contributed by atoms with E-state index in [-0.39, 0.29) is 11.6 Å². The van der Waals surface area contributed by atoms with Crippen LogP contribution in [0.4, 0.5) is 4.39 Å². The zero-order valence-corrected chi connectivity index (χ0v) is 9.68. The number of fused-ring (bicyclic) bond motifs is 1. The summed E-state index contributed by atoms with van der Waals surface area (Å²) in [5.74, 6) is 0.874. The number of ketones is 1. The normalized spacial score (nSPS) is 28.0. The first-order chi connectivity index (χ1) is 7.15. The SMILES string of the molecule is O=C1CC2CC(C2)c2cc(F)c(Br)cc21. The summed E-state index contributed by atoms with van der Waals surface area (Å²) in [6.07, 6.45) is 2.75. The largest absolute Gasteiger partial charge is 0.294 e. The van der Waals surface area contributed by atoms with Crippen LogP contribution in [-0.2, 0) is 0 Å². The van der Waals surface area contributed by atoms with Crippen LogP contribution in [0.2, 0.25) is 0 Å². The molecule has 2 bridgehead atoms. The van der Waals surface area contributed by atoms with Crippen molar-refractivity contribution in [1.29, 1.82) is 0 Å². The Hall–Kier alpha value is -0.700. The summed E-state index contributed by atoms with van der Waals surface area (Å²) >= 11 is 3.13. The number of carbonyl (C=O) groups is 1. The molecule has 0 amide bonds. The second kappa shape index (κ2) is 3.14. The van der Waals surface area contributed by atoms with E-state index in [0.717, 1.165) is 24.0 Å². The third kappa shape index (κ3) is 1.36. The summed E-state index contributed by atoms with van der Waals surface area (Å²) in [5, 5.41) is 0. The molecule has 0 aliphatic heterocycles. The number of rotatable bonds is 0. The lowest BCUT2D eigenvalue weighted by Crippen LogP contribution is -2.19. The number of halogens is 2. The summed E-state index contributed by atoms with van der Waals surface area (Å²) < 4.78 is 13.8. The van der Waals surface area contributed by atoms with E-state index in [4.69, 9.17) is 0 Å². The standard InChI is InChI=1S/C12H10BrFO/c13-10-4-9-8(5-11(10)14)7-1-6(2-7)3-12(9)15/h4-7H,1-3H2. The smallest absolute Gasteiger partial charge is 0.163 e. The van der Waals surface area contributed by atoms with Gasteiger partial charge >= 0.3 is 0 Å². The van der Waals surface area contributed by atoms with Gasteiger partial charge in [0, 0.05) is 12.0 Å². The Labute approximate surface area is 95.8 Å². The quantitative estimate of drug-likeness (QED) is 0.702. The molecule has 15 heavy (non-hydrogen) atoms. The Morgan fingerprint density at radius 1 is 1.33 bits per heavy atom. The van der Waals surface area contributed by atoms with Gasteiger partial charge in [-0.3, -0.25) is 4.79 Å². The summed E-state index contributed by atoms with van der Waals surface area (Å²) in [6, 6.07) is 3.18. The first-order valence-electron chi connectivity index (χ1n) is 5.17. The van der Waals surface area contributed by atoms with E-state index < -0.39 is 0 Å². The lowest BCUT2D eigenvalue weighted by molar-refractivity contribution is 0.0946. The Kier molecular flexibility index (Phi) is 2.00. The predicted octanol–water partition coefficient (Wildman–Crippen LogP) is 3.67. The molecular formula is C12H10BrFO. The highest BCUT2D eigenvalue weighted by atomic mass is 79.9. The number of benzene rings is 1. The van der Waals surface area contributed by atoms with Gasteiger partial charge in [0.25, 0.3) is 0 Å². The highest BCUT2D eigenvalue weighted by Crippen LogP contribution is 2.48. The fraction of sp³-hybridized carbons (Fsp3) is 0.417. The van der Waals surface area contributed by atoms with Gasteiger partial charge in [0.2, 0.25) is 0 Å². The van der Waals surface area contributed by atoms with E-state index in [1.807, 2.05) is 0 Å². The van der Waals surface area contributed by atoms with Crippen molar-refractivity contribution in [2.24, 2.45) is 5.92 Å². The lowest BCUT2D eigenvalue weighted by Gasteiger charge is -2.32. The minimum atomic E-state index is -0.257. The van der Waals surface area contributed by atoms with Crippen LogP contribution in [0.3, 0.4) is 0 Å². The molecule has 0 radical (unpaired) electrons. The third-order valence-electron chi connectivity index (χ3n) is 3.54. The van der Waals surface area contributed by atoms with Crippen LogP contribution in [-0.4, -0.2) is 5.78 Å². The fourth-order valence-corrected chi connectivity index (χ4v) is 3.01. The van der Waals surface area contributed by atoms with Crippen LogP contribution in [0.5, 0.6) is 0 Å². The van der Waals surface area contributed by atoms with Gasteiger partial charge in [-0.15, -0.1) is 0 Å². The van der Waals surface area contributed by atoms with Crippen LogP contribution in [0.1, 0.15) is 41.1 Å². The van der Waals surface area contributed by atoms with Gasteiger partial charge in [0.15, 0.2) is 5.78 Å². The summed E-state index contributed by atoms with van der Waals surface area (Å²) in [6.45, 7) is 0. The minimum absolute atomic E-state index is 0.177. The molecular weight excluding hydrogens is 259 g/mol. The van der Waals surface area contributed by atoms with Crippen molar-refractivity contribution in [1.82, 2.24) is 0 Å². The van der Waals surface area contributed by atoms with Crippen molar-refractivity contribution in [3.8, 4) is 0 Å². The van der Waals surface area contributed by atoms with E-state index in [2.05, 4.69) is 15.9 Å². The maximum atomic E-state index is 13.4. The third-order valence-corrected chi connectivity index (χ3v) is 4.15. The van der Waals surface area contributed by atoms with Crippen LogP contribution < -0.4 is 0 Å². The number of Topliss-reactive ketones (excluding diaryl/α,β-unsaturated/α-hetero) is 1. The number of hydrogen-bond acceptors (Lipinski definition) is 1. The van der Waals surface area contributed by atoms with Gasteiger partial charge in [0.05, 0.1) is 4.47 Å². The van der Waals surface area contributed by atoms with Crippen molar-refractivity contribution in [3.05, 3.63) is 33.5 Å². The zero-order valence-electron chi connectivity index (χ0n) is 8.09. The van der Waals surface area contributed by atoms with Gasteiger partial charge in [-0.25, -0.2) is 4.39 Å². The average molecular weight is 269 g/mol. The molecule has 0 atom stereocenters. The highest BCUT2D eigenvalue weighted by molar-refractivity contribution is 9.10. The molecule has 0 heterocycles. The zero-order chi connectivity index (χ0) is 10.6. The lowest BCUT2D eigenvalue weighted by atomic mass is 9.72. The van der Waals surface area contributed by atoms with Gasteiger partial charge in [0.1, 0.15) is 5.82 Å². The molecule has 1 saturated carbocycles. The Morgan fingerprint density at radius 2 is 2.07 bits per heavy atom. The average Bonchev–Trinajstić information content (AvgIpc) is 2.32. The molecule has 3 aliphatic carbocycles. The Balaban J connectivity index is 2.20. The maximum Gasteiger partial charge on any atom is 0.163 e. The molecule has 3 heteroatoms. The van der Waals surface area contributed by atoms with Crippen molar-refractivity contribution < 1.29 is 9.18 Å². The van der Waals surface area contributed by atoms with Crippen molar-refractivity contribution in [2.45, 2.75) is 25.2 Å². The monoisotopic (exact) mass is 268 g/mol. The van der Waals surface area contributed by atoms with Crippen molar-refractivity contribution in [2.75, 3.05) is 0 Å². The van der Waals surface area contributed by atoms with Crippen LogP contribution in [0, 0.1) is 11.7 Å². The molecule has 1 aromatic rings. The molecule has 1 nitrogen and oxygen atoms in total. The summed E-state index contributed by atoms with van der Waals surface area (Å²) in [5.41, 5.74) is 1.66. The molecule has 0 spiro atoms. The molecule has 3 aliphatic rings. The molecule has 1 aromatic carbocycles. The molecule has 0 N–H and O–H groups in total. The molecule has 4 rings (SSSR count). The molecule has 0 unspecified atom stereocenters. The number of hydrogen-bond donors (Lipinski definition) is 0. The second-order valence-corrected chi connectivity index (χ2v) is 5.37. The van der Waals surface area contributed by atoms with E-state index in [9.17, 15) is 9.18 Å². The van der Waals surface area contributed by atoms with Crippen LogP contribution in [0.15, 0.2) is 16.6 Å². The fourth-order valence-electron chi connectivity index (χ4n) is 2.67. The van der Waals surface area contributed by atoms with Gasteiger partial charge < -0.3 is 0 Å². The van der Waals surface area contributed by atoms with E-state index >= 15 is 0 Å². The Bertz CT molecular complexity index is 449. The van der Waals surface area contributed by atoms with E-state index in [0.29, 0.717) is 22.7 Å². The molecule has 0 aromatic heterocycles. The molecule has 78 valence electrons. The van der Waals surface area contributed by atoms with Crippen LogP contribution in [0.25, 0.3) is 0 Å². The van der Waals surface area contributed by atoms with E-state index in [1.165, 1.54) is 6.07 Å². The van der Waals surface area contributed by atoms with Crippen molar-refractivity contribution in [3.63, 3.8) is 0 Å². The summed E-state index contributed by atoms with van der Waals surface area (Å²) in [7, 11) is 0. The second-order valence-electron chi connectivity index (χ2n) is 4.52. The first-order valence-corrected chi connectivity index (χ1v) is 5.96. The van der Waals surface area contributed by atoms with Gasteiger partial charge in [-0.05, 0) is 58.3 Å². The minimum Gasteiger partial charge on any atom is -0.294 e. The van der Waals surface area contributed by atoms with Gasteiger partial charge in [-0.2, -0.15) is 0 Å². The predicted molar refractivity (Wildman–Crippen MR) is 58.5 cm³/mol. The Morgan fingerprint density at radius 3 is 2.80 bits per heavy atom. The van der Waals surface area contributed by atoms with Crippen LogP contribution >= 0.6 is 15.9 Å². The molecule has 1 fully saturated rings. The number of carbonyl (C=O) groups excluding carboxylic acids is 1. The summed E-state index contributed by atoms with van der Waals surface area (Å²) in [4.78, 5) is 11.9. The topological polar surface area (TPSA) is 17.1 Å². The van der Waals surface area contributed by atoms with Crippen molar-refractivity contribution >= 4 is 21.7 Å². The maximum absolute atomic E-state index is 13.4. The first kappa shape index (κ1) is 9.52. The van der Waals surface area contributed by atoms with E-state index in [1.54, 1.807) is 6.07 Å².